The highest BCUT2D eigenvalue weighted by atomic mass is 16.3. The van der Waals surface area contributed by atoms with Gasteiger partial charge in [-0.1, -0.05) is 33.6 Å². The molecule has 0 amide bonds. The van der Waals surface area contributed by atoms with Gasteiger partial charge in [0.05, 0.1) is 6.61 Å². The molecule has 90 valence electrons. The van der Waals surface area contributed by atoms with E-state index in [1.807, 2.05) is 0 Å². The average molecular weight is 213 g/mol. The Morgan fingerprint density at radius 2 is 1.93 bits per heavy atom. The van der Waals surface area contributed by atoms with Gasteiger partial charge in [-0.3, -0.25) is 0 Å². The van der Waals surface area contributed by atoms with E-state index in [0.717, 1.165) is 5.92 Å². The van der Waals surface area contributed by atoms with Gasteiger partial charge in [0.25, 0.3) is 0 Å². The first-order chi connectivity index (χ1) is 7.13. The molecule has 3 atom stereocenters. The van der Waals surface area contributed by atoms with Gasteiger partial charge in [0.1, 0.15) is 0 Å². The van der Waals surface area contributed by atoms with Crippen LogP contribution in [0.1, 0.15) is 52.9 Å². The van der Waals surface area contributed by atoms with Crippen LogP contribution in [0, 0.1) is 11.8 Å². The average Bonchev–Trinajstić information content (AvgIpc) is 2.39. The zero-order valence-corrected chi connectivity index (χ0v) is 10.5. The Morgan fingerprint density at radius 1 is 1.20 bits per heavy atom. The standard InChI is InChI=1S/C13H27NO/c1-10(2)13(9-15)14-12-6-4-5-11(3)7-8-12/h10-15H,4-9H2,1-3H3. The highest BCUT2D eigenvalue weighted by Crippen LogP contribution is 2.23. The third-order valence-corrected chi connectivity index (χ3v) is 3.71. The van der Waals surface area contributed by atoms with Crippen molar-refractivity contribution in [1.29, 1.82) is 0 Å². The van der Waals surface area contributed by atoms with Crippen molar-refractivity contribution in [2.75, 3.05) is 6.61 Å². The maximum absolute atomic E-state index is 9.29. The SMILES string of the molecule is CC1CCCC(NC(CO)C(C)C)CC1. The van der Waals surface area contributed by atoms with Gasteiger partial charge >= 0.3 is 0 Å². The maximum Gasteiger partial charge on any atom is 0.0587 e. The van der Waals surface area contributed by atoms with Gasteiger partial charge in [-0.2, -0.15) is 0 Å². The predicted molar refractivity (Wildman–Crippen MR) is 64.9 cm³/mol. The third kappa shape index (κ3) is 4.52. The monoisotopic (exact) mass is 213 g/mol. The van der Waals surface area contributed by atoms with Crippen LogP contribution in [0.15, 0.2) is 0 Å². The van der Waals surface area contributed by atoms with E-state index >= 15 is 0 Å². The van der Waals surface area contributed by atoms with E-state index in [9.17, 15) is 5.11 Å². The lowest BCUT2D eigenvalue weighted by molar-refractivity contribution is 0.194. The van der Waals surface area contributed by atoms with E-state index < -0.39 is 0 Å². The molecule has 2 nitrogen and oxygen atoms in total. The van der Waals surface area contributed by atoms with Crippen molar-refractivity contribution in [3.05, 3.63) is 0 Å². The summed E-state index contributed by atoms with van der Waals surface area (Å²) < 4.78 is 0. The van der Waals surface area contributed by atoms with Crippen LogP contribution in [0.3, 0.4) is 0 Å². The number of hydrogen-bond donors (Lipinski definition) is 2. The normalized spacial score (nSPS) is 30.2. The minimum atomic E-state index is 0.268. The van der Waals surface area contributed by atoms with Crippen molar-refractivity contribution >= 4 is 0 Å². The summed E-state index contributed by atoms with van der Waals surface area (Å²) in [6, 6.07) is 0.915. The molecule has 1 fully saturated rings. The van der Waals surface area contributed by atoms with E-state index in [2.05, 4.69) is 26.1 Å². The van der Waals surface area contributed by atoms with Crippen LogP contribution in [0.2, 0.25) is 0 Å². The fourth-order valence-electron chi connectivity index (χ4n) is 2.41. The molecule has 1 rings (SSSR count). The second-order valence-corrected chi connectivity index (χ2v) is 5.51. The molecule has 1 aliphatic rings. The zero-order valence-electron chi connectivity index (χ0n) is 10.5. The summed E-state index contributed by atoms with van der Waals surface area (Å²) in [5.41, 5.74) is 0. The molecule has 0 aliphatic heterocycles. The Labute approximate surface area is 94.5 Å². The van der Waals surface area contributed by atoms with Crippen LogP contribution in [-0.2, 0) is 0 Å². The fraction of sp³-hybridized carbons (Fsp3) is 1.00. The van der Waals surface area contributed by atoms with Crippen molar-refractivity contribution in [2.45, 2.75) is 65.0 Å². The van der Waals surface area contributed by atoms with Crippen LogP contribution in [0.4, 0.5) is 0 Å². The first kappa shape index (κ1) is 13.0. The molecule has 3 unspecified atom stereocenters. The largest absolute Gasteiger partial charge is 0.395 e. The molecule has 0 radical (unpaired) electrons. The number of aliphatic hydroxyl groups excluding tert-OH is 1. The molecule has 0 spiro atoms. The minimum Gasteiger partial charge on any atom is -0.395 e. The highest BCUT2D eigenvalue weighted by Gasteiger charge is 2.20. The molecular formula is C13H27NO. The summed E-state index contributed by atoms with van der Waals surface area (Å²) >= 11 is 0. The molecule has 15 heavy (non-hydrogen) atoms. The summed E-state index contributed by atoms with van der Waals surface area (Å²) in [6.07, 6.45) is 6.63. The molecule has 0 aromatic heterocycles. The van der Waals surface area contributed by atoms with E-state index in [1.165, 1.54) is 32.1 Å². The Kier molecular flexibility index (Phi) is 5.62. The van der Waals surface area contributed by atoms with Gasteiger partial charge in [0, 0.05) is 12.1 Å². The van der Waals surface area contributed by atoms with Crippen LogP contribution in [-0.4, -0.2) is 23.8 Å². The molecule has 0 aromatic carbocycles. The molecule has 2 N–H and O–H groups in total. The van der Waals surface area contributed by atoms with Gasteiger partial charge in [-0.25, -0.2) is 0 Å². The second-order valence-electron chi connectivity index (χ2n) is 5.51. The van der Waals surface area contributed by atoms with E-state index in [0.29, 0.717) is 12.0 Å². The lowest BCUT2D eigenvalue weighted by Crippen LogP contribution is -2.43. The third-order valence-electron chi connectivity index (χ3n) is 3.71. The molecule has 0 heterocycles. The lowest BCUT2D eigenvalue weighted by atomic mass is 10.0. The summed E-state index contributed by atoms with van der Waals surface area (Å²) in [7, 11) is 0. The molecule has 0 aromatic rings. The highest BCUT2D eigenvalue weighted by molar-refractivity contribution is 4.79. The van der Waals surface area contributed by atoms with Crippen LogP contribution >= 0.6 is 0 Å². The van der Waals surface area contributed by atoms with Gasteiger partial charge in [-0.05, 0) is 31.1 Å². The number of nitrogens with one attached hydrogen (secondary N) is 1. The summed E-state index contributed by atoms with van der Waals surface area (Å²) in [5, 5.41) is 12.9. The Morgan fingerprint density at radius 3 is 2.53 bits per heavy atom. The second kappa shape index (κ2) is 6.49. The number of hydrogen-bond acceptors (Lipinski definition) is 2. The van der Waals surface area contributed by atoms with Crippen molar-refractivity contribution in [1.82, 2.24) is 5.32 Å². The molecule has 0 saturated heterocycles. The molecule has 1 saturated carbocycles. The molecule has 2 heteroatoms. The number of rotatable bonds is 4. The van der Waals surface area contributed by atoms with Crippen molar-refractivity contribution < 1.29 is 5.11 Å². The quantitative estimate of drug-likeness (QED) is 0.703. The van der Waals surface area contributed by atoms with Crippen molar-refractivity contribution in [3.8, 4) is 0 Å². The smallest absolute Gasteiger partial charge is 0.0587 e. The Balaban J connectivity index is 2.36. The minimum absolute atomic E-state index is 0.268. The predicted octanol–water partition coefficient (Wildman–Crippen LogP) is 2.56. The van der Waals surface area contributed by atoms with E-state index in [-0.39, 0.29) is 12.6 Å². The van der Waals surface area contributed by atoms with Crippen molar-refractivity contribution in [3.63, 3.8) is 0 Å². The number of aliphatic hydroxyl groups is 1. The van der Waals surface area contributed by atoms with Crippen molar-refractivity contribution in [2.24, 2.45) is 11.8 Å². The summed E-state index contributed by atoms with van der Waals surface area (Å²) in [5.74, 6) is 1.42. The maximum atomic E-state index is 9.29. The topological polar surface area (TPSA) is 32.3 Å². The Hall–Kier alpha value is -0.0800. The summed E-state index contributed by atoms with van der Waals surface area (Å²) in [4.78, 5) is 0. The van der Waals surface area contributed by atoms with E-state index in [4.69, 9.17) is 0 Å². The molecule has 1 aliphatic carbocycles. The molecule has 0 bridgehead atoms. The lowest BCUT2D eigenvalue weighted by Gasteiger charge is -2.26. The zero-order chi connectivity index (χ0) is 11.3. The van der Waals surface area contributed by atoms with Crippen LogP contribution in [0.25, 0.3) is 0 Å². The summed E-state index contributed by atoms with van der Waals surface area (Å²) in [6.45, 7) is 6.97. The first-order valence-electron chi connectivity index (χ1n) is 6.50. The Bertz CT molecular complexity index is 170. The van der Waals surface area contributed by atoms with Crippen LogP contribution in [0.5, 0.6) is 0 Å². The fourth-order valence-corrected chi connectivity index (χ4v) is 2.41. The molecular weight excluding hydrogens is 186 g/mol. The van der Waals surface area contributed by atoms with E-state index in [1.54, 1.807) is 0 Å². The first-order valence-corrected chi connectivity index (χ1v) is 6.50. The van der Waals surface area contributed by atoms with Gasteiger partial charge in [0.15, 0.2) is 0 Å². The van der Waals surface area contributed by atoms with Gasteiger partial charge < -0.3 is 10.4 Å². The van der Waals surface area contributed by atoms with Gasteiger partial charge in [-0.15, -0.1) is 0 Å². The van der Waals surface area contributed by atoms with Gasteiger partial charge in [0.2, 0.25) is 0 Å². The van der Waals surface area contributed by atoms with Crippen LogP contribution < -0.4 is 5.32 Å².